The van der Waals surface area contributed by atoms with Gasteiger partial charge >= 0.3 is 0 Å². The molecule has 0 heterocycles. The van der Waals surface area contributed by atoms with E-state index in [1.54, 1.807) is 0 Å². The Morgan fingerprint density at radius 3 is 2.58 bits per heavy atom. The first-order chi connectivity index (χ1) is 5.70. The van der Waals surface area contributed by atoms with Crippen LogP contribution < -0.4 is 5.32 Å². The quantitative estimate of drug-likeness (QED) is 0.651. The van der Waals surface area contributed by atoms with Crippen LogP contribution in [0.3, 0.4) is 0 Å². The van der Waals surface area contributed by atoms with E-state index in [9.17, 15) is 4.39 Å². The summed E-state index contributed by atoms with van der Waals surface area (Å²) in [6, 6.07) is 0.239. The number of nitrogens with one attached hydrogen (secondary N) is 1. The van der Waals surface area contributed by atoms with Gasteiger partial charge in [0.2, 0.25) is 0 Å². The van der Waals surface area contributed by atoms with Gasteiger partial charge in [0.15, 0.2) is 0 Å². The third-order valence-corrected chi connectivity index (χ3v) is 1.79. The molecule has 0 fully saturated rings. The monoisotopic (exact) mass is 173 g/mol. The smallest absolute Gasteiger partial charge is 0.102 e. The lowest BCUT2D eigenvalue weighted by atomic mass is 10.1. The highest BCUT2D eigenvalue weighted by Gasteiger charge is 2.07. The molecule has 1 nitrogen and oxygen atoms in total. The van der Waals surface area contributed by atoms with Gasteiger partial charge in [-0.3, -0.25) is 0 Å². The molecule has 0 saturated heterocycles. The first-order valence-corrected chi connectivity index (χ1v) is 4.75. The number of allylic oxidation sites excluding steroid dienone is 1. The van der Waals surface area contributed by atoms with Crippen LogP contribution in [0.1, 0.15) is 40.0 Å². The van der Waals surface area contributed by atoms with Gasteiger partial charge in [0.1, 0.15) is 6.17 Å². The molecule has 72 valence electrons. The molecular weight excluding hydrogens is 153 g/mol. The Bertz CT molecular complexity index is 123. The summed E-state index contributed by atoms with van der Waals surface area (Å²) < 4.78 is 12.8. The highest BCUT2D eigenvalue weighted by atomic mass is 19.1. The van der Waals surface area contributed by atoms with Crippen molar-refractivity contribution in [3.05, 3.63) is 12.3 Å². The van der Waals surface area contributed by atoms with Gasteiger partial charge in [0.25, 0.3) is 0 Å². The highest BCUT2D eigenvalue weighted by molar-refractivity contribution is 4.81. The summed E-state index contributed by atoms with van der Waals surface area (Å²) in [6.07, 6.45) is 5.52. The Morgan fingerprint density at radius 2 is 2.08 bits per heavy atom. The van der Waals surface area contributed by atoms with E-state index in [1.165, 1.54) is 0 Å². The Labute approximate surface area is 75.0 Å². The second-order valence-electron chi connectivity index (χ2n) is 3.12. The molecule has 0 aliphatic heterocycles. The first kappa shape index (κ1) is 11.5. The third-order valence-electron chi connectivity index (χ3n) is 1.79. The minimum Gasteiger partial charge on any atom is -0.389 e. The van der Waals surface area contributed by atoms with Crippen LogP contribution in [0.25, 0.3) is 0 Å². The van der Waals surface area contributed by atoms with E-state index in [2.05, 4.69) is 12.2 Å². The van der Waals surface area contributed by atoms with Crippen LogP contribution >= 0.6 is 0 Å². The van der Waals surface area contributed by atoms with Gasteiger partial charge in [-0.05, 0) is 32.4 Å². The van der Waals surface area contributed by atoms with Crippen LogP contribution in [0.4, 0.5) is 4.39 Å². The van der Waals surface area contributed by atoms with Crippen molar-refractivity contribution in [3.8, 4) is 0 Å². The normalized spacial score (nSPS) is 16.3. The Balaban J connectivity index is 3.45. The van der Waals surface area contributed by atoms with E-state index < -0.39 is 6.17 Å². The van der Waals surface area contributed by atoms with Crippen molar-refractivity contribution in [2.45, 2.75) is 52.2 Å². The number of halogens is 1. The largest absolute Gasteiger partial charge is 0.389 e. The summed E-state index contributed by atoms with van der Waals surface area (Å²) in [5.74, 6) is 0. The van der Waals surface area contributed by atoms with Gasteiger partial charge in [0.05, 0.1) is 0 Å². The molecule has 12 heavy (non-hydrogen) atoms. The third kappa shape index (κ3) is 6.20. The zero-order valence-electron chi connectivity index (χ0n) is 8.31. The van der Waals surface area contributed by atoms with Crippen molar-refractivity contribution in [2.75, 3.05) is 0 Å². The van der Waals surface area contributed by atoms with Crippen molar-refractivity contribution < 1.29 is 4.39 Å². The van der Waals surface area contributed by atoms with E-state index in [4.69, 9.17) is 0 Å². The standard InChI is InChI=1S/C10H20FN/c1-4-6-7-12-9(3)8-10(11)5-2/h6-7,9-10,12H,4-5,8H2,1-3H3/b7-6-/t9-,10?/m1/s1. The van der Waals surface area contributed by atoms with Crippen molar-refractivity contribution in [1.29, 1.82) is 0 Å². The fraction of sp³-hybridized carbons (Fsp3) is 0.800. The van der Waals surface area contributed by atoms with Crippen molar-refractivity contribution in [3.63, 3.8) is 0 Å². The zero-order valence-corrected chi connectivity index (χ0v) is 8.31. The molecule has 0 bridgehead atoms. The van der Waals surface area contributed by atoms with Gasteiger partial charge in [0, 0.05) is 6.04 Å². The summed E-state index contributed by atoms with van der Waals surface area (Å²) >= 11 is 0. The number of hydrogen-bond donors (Lipinski definition) is 1. The van der Waals surface area contributed by atoms with Crippen LogP contribution in [0, 0.1) is 0 Å². The molecule has 2 atom stereocenters. The molecule has 1 unspecified atom stereocenters. The summed E-state index contributed by atoms with van der Waals surface area (Å²) in [5, 5.41) is 3.13. The summed E-state index contributed by atoms with van der Waals surface area (Å²) in [6.45, 7) is 5.95. The lowest BCUT2D eigenvalue weighted by molar-refractivity contribution is 0.283. The van der Waals surface area contributed by atoms with Gasteiger partial charge in [-0.1, -0.05) is 19.9 Å². The van der Waals surface area contributed by atoms with E-state index in [0.29, 0.717) is 12.8 Å². The molecular formula is C10H20FN. The van der Waals surface area contributed by atoms with Crippen LogP contribution in [-0.4, -0.2) is 12.2 Å². The van der Waals surface area contributed by atoms with E-state index in [0.717, 1.165) is 6.42 Å². The van der Waals surface area contributed by atoms with Crippen LogP contribution in [0.15, 0.2) is 12.3 Å². The molecule has 0 aliphatic carbocycles. The lowest BCUT2D eigenvalue weighted by Crippen LogP contribution is -2.23. The highest BCUT2D eigenvalue weighted by Crippen LogP contribution is 2.05. The average molecular weight is 173 g/mol. The Hall–Kier alpha value is -0.530. The van der Waals surface area contributed by atoms with Crippen LogP contribution in [0.2, 0.25) is 0 Å². The summed E-state index contributed by atoms with van der Waals surface area (Å²) in [7, 11) is 0. The molecule has 0 aromatic heterocycles. The number of rotatable bonds is 6. The molecule has 1 N–H and O–H groups in total. The van der Waals surface area contributed by atoms with Gasteiger partial charge in [-0.25, -0.2) is 4.39 Å². The average Bonchev–Trinajstić information content (AvgIpc) is 2.05. The van der Waals surface area contributed by atoms with Crippen molar-refractivity contribution >= 4 is 0 Å². The second kappa shape index (κ2) is 7.14. The maximum Gasteiger partial charge on any atom is 0.102 e. The van der Waals surface area contributed by atoms with E-state index in [-0.39, 0.29) is 6.04 Å². The van der Waals surface area contributed by atoms with Gasteiger partial charge in [-0.2, -0.15) is 0 Å². The predicted molar refractivity (Wildman–Crippen MR) is 51.8 cm³/mol. The minimum absolute atomic E-state index is 0.239. The van der Waals surface area contributed by atoms with Crippen LogP contribution in [-0.2, 0) is 0 Å². The number of hydrogen-bond acceptors (Lipinski definition) is 1. The maximum absolute atomic E-state index is 12.8. The molecule has 0 aromatic carbocycles. The van der Waals surface area contributed by atoms with Gasteiger partial charge < -0.3 is 5.32 Å². The summed E-state index contributed by atoms with van der Waals surface area (Å²) in [4.78, 5) is 0. The first-order valence-electron chi connectivity index (χ1n) is 4.75. The molecule has 0 rings (SSSR count). The van der Waals surface area contributed by atoms with Crippen molar-refractivity contribution in [2.24, 2.45) is 0 Å². The lowest BCUT2D eigenvalue weighted by Gasteiger charge is -2.13. The van der Waals surface area contributed by atoms with E-state index >= 15 is 0 Å². The second-order valence-corrected chi connectivity index (χ2v) is 3.12. The van der Waals surface area contributed by atoms with E-state index in [1.807, 2.05) is 26.1 Å². The van der Waals surface area contributed by atoms with Crippen LogP contribution in [0.5, 0.6) is 0 Å². The molecule has 2 heteroatoms. The SMILES string of the molecule is CC/C=C\N[C@H](C)CC(F)CC. The summed E-state index contributed by atoms with van der Waals surface area (Å²) in [5.41, 5.74) is 0. The molecule has 0 radical (unpaired) electrons. The molecule has 0 aliphatic rings. The maximum atomic E-state index is 12.8. The zero-order chi connectivity index (χ0) is 9.40. The molecule has 0 amide bonds. The number of alkyl halides is 1. The Morgan fingerprint density at radius 1 is 1.42 bits per heavy atom. The predicted octanol–water partition coefficient (Wildman–Crippen LogP) is 3.03. The Kier molecular flexibility index (Phi) is 6.82. The molecule has 0 spiro atoms. The fourth-order valence-corrected chi connectivity index (χ4v) is 0.968. The minimum atomic E-state index is -0.664. The molecule has 0 saturated carbocycles. The molecule has 0 aromatic rings. The fourth-order valence-electron chi connectivity index (χ4n) is 0.968. The topological polar surface area (TPSA) is 12.0 Å². The van der Waals surface area contributed by atoms with Crippen molar-refractivity contribution in [1.82, 2.24) is 5.32 Å². The van der Waals surface area contributed by atoms with Gasteiger partial charge in [-0.15, -0.1) is 0 Å².